The molecule has 86 valence electrons. The Morgan fingerprint density at radius 2 is 1.94 bits per heavy atom. The average molecular weight is 400 g/mol. The minimum atomic E-state index is 0. The molecule has 0 atom stereocenters. The van der Waals surface area contributed by atoms with Crippen LogP contribution in [-0.4, -0.2) is 9.38 Å². The Hall–Kier alpha value is -0.880. The largest absolute Gasteiger partial charge is 1.00 e. The molecule has 3 aromatic rings. The van der Waals surface area contributed by atoms with E-state index >= 15 is 0 Å². The van der Waals surface area contributed by atoms with Crippen LogP contribution in [-0.2, 0) is 0 Å². The highest BCUT2D eigenvalue weighted by molar-refractivity contribution is 9.10. The maximum atomic E-state index is 4.57. The predicted molar refractivity (Wildman–Crippen MR) is 68.3 cm³/mol. The summed E-state index contributed by atoms with van der Waals surface area (Å²) in [5, 5.41) is 0. The molecular formula is C13H9BrIN2-. The summed E-state index contributed by atoms with van der Waals surface area (Å²) in [7, 11) is 0. The highest BCUT2D eigenvalue weighted by Crippen LogP contribution is 2.22. The van der Waals surface area contributed by atoms with E-state index in [-0.39, 0.29) is 24.0 Å². The molecule has 1 aromatic carbocycles. The molecule has 0 unspecified atom stereocenters. The zero-order valence-corrected chi connectivity index (χ0v) is 12.6. The van der Waals surface area contributed by atoms with Crippen LogP contribution in [0.15, 0.2) is 59.3 Å². The number of pyridine rings is 1. The molecule has 0 radical (unpaired) electrons. The van der Waals surface area contributed by atoms with Gasteiger partial charge in [-0.3, -0.25) is 0 Å². The van der Waals surface area contributed by atoms with Gasteiger partial charge in [-0.05, 0) is 24.3 Å². The topological polar surface area (TPSA) is 17.3 Å². The van der Waals surface area contributed by atoms with Crippen molar-refractivity contribution in [3.8, 4) is 11.3 Å². The lowest BCUT2D eigenvalue weighted by molar-refractivity contribution is -0.00000310. The zero-order chi connectivity index (χ0) is 11.0. The van der Waals surface area contributed by atoms with Gasteiger partial charge in [-0.15, -0.1) is 0 Å². The van der Waals surface area contributed by atoms with Gasteiger partial charge in [-0.25, -0.2) is 4.98 Å². The number of nitrogens with zero attached hydrogens (tertiary/aromatic N) is 2. The molecule has 0 bridgehead atoms. The average Bonchev–Trinajstić information content (AvgIpc) is 2.72. The highest BCUT2D eigenvalue weighted by atomic mass is 127. The normalized spacial score (nSPS) is 10.2. The van der Waals surface area contributed by atoms with E-state index in [1.54, 1.807) is 0 Å². The van der Waals surface area contributed by atoms with Crippen LogP contribution in [0.3, 0.4) is 0 Å². The summed E-state index contributed by atoms with van der Waals surface area (Å²) in [6.07, 6.45) is 4.04. The molecule has 0 saturated heterocycles. The summed E-state index contributed by atoms with van der Waals surface area (Å²) in [5.41, 5.74) is 3.09. The first-order valence-electron chi connectivity index (χ1n) is 5.02. The third-order valence-corrected chi connectivity index (χ3v) is 2.98. The van der Waals surface area contributed by atoms with Gasteiger partial charge in [0.15, 0.2) is 0 Å². The quantitative estimate of drug-likeness (QED) is 0.552. The summed E-state index contributed by atoms with van der Waals surface area (Å²) in [5.74, 6) is 0. The molecule has 0 aliphatic heterocycles. The second kappa shape index (κ2) is 5.18. The second-order valence-corrected chi connectivity index (χ2v) is 4.52. The monoisotopic (exact) mass is 399 g/mol. The SMILES string of the molecule is Brc1cccc(-c2cn3ccccc3n2)c1.[I-]. The maximum absolute atomic E-state index is 4.57. The molecule has 3 rings (SSSR count). The van der Waals surface area contributed by atoms with Gasteiger partial charge in [0, 0.05) is 22.4 Å². The molecule has 0 aliphatic carbocycles. The van der Waals surface area contributed by atoms with E-state index in [9.17, 15) is 0 Å². The van der Waals surface area contributed by atoms with E-state index in [4.69, 9.17) is 0 Å². The van der Waals surface area contributed by atoms with Crippen molar-refractivity contribution in [1.82, 2.24) is 9.38 Å². The Morgan fingerprint density at radius 1 is 1.06 bits per heavy atom. The molecule has 0 N–H and O–H groups in total. The van der Waals surface area contributed by atoms with Crippen molar-refractivity contribution in [2.24, 2.45) is 0 Å². The number of imidazole rings is 1. The van der Waals surface area contributed by atoms with E-state index < -0.39 is 0 Å². The summed E-state index contributed by atoms with van der Waals surface area (Å²) >= 11 is 3.47. The summed E-state index contributed by atoms with van der Waals surface area (Å²) in [6.45, 7) is 0. The molecular weight excluding hydrogens is 391 g/mol. The van der Waals surface area contributed by atoms with Crippen molar-refractivity contribution in [1.29, 1.82) is 0 Å². The van der Waals surface area contributed by atoms with Crippen LogP contribution in [0.4, 0.5) is 0 Å². The molecule has 2 heterocycles. The Morgan fingerprint density at radius 3 is 2.71 bits per heavy atom. The summed E-state index contributed by atoms with van der Waals surface area (Å²) in [4.78, 5) is 4.57. The van der Waals surface area contributed by atoms with Gasteiger partial charge in [-0.1, -0.05) is 34.1 Å². The molecule has 2 aromatic heterocycles. The first kappa shape index (κ1) is 12.6. The smallest absolute Gasteiger partial charge is 0.137 e. The van der Waals surface area contributed by atoms with E-state index in [0.29, 0.717) is 0 Å². The molecule has 2 nitrogen and oxygen atoms in total. The van der Waals surface area contributed by atoms with Crippen LogP contribution in [0.25, 0.3) is 16.9 Å². The molecule has 0 saturated carbocycles. The zero-order valence-electron chi connectivity index (χ0n) is 8.85. The Labute approximate surface area is 125 Å². The number of hydrogen-bond acceptors (Lipinski definition) is 1. The van der Waals surface area contributed by atoms with Crippen molar-refractivity contribution < 1.29 is 24.0 Å². The molecule has 17 heavy (non-hydrogen) atoms. The highest BCUT2D eigenvalue weighted by Gasteiger charge is 2.03. The summed E-state index contributed by atoms with van der Waals surface area (Å²) in [6, 6.07) is 14.2. The van der Waals surface area contributed by atoms with Crippen LogP contribution >= 0.6 is 15.9 Å². The number of benzene rings is 1. The van der Waals surface area contributed by atoms with Crippen molar-refractivity contribution in [2.75, 3.05) is 0 Å². The molecule has 0 spiro atoms. The lowest BCUT2D eigenvalue weighted by Crippen LogP contribution is -3.00. The van der Waals surface area contributed by atoms with Crippen molar-refractivity contribution in [3.63, 3.8) is 0 Å². The first-order chi connectivity index (χ1) is 7.83. The van der Waals surface area contributed by atoms with Gasteiger partial charge < -0.3 is 28.4 Å². The van der Waals surface area contributed by atoms with Crippen LogP contribution in [0.1, 0.15) is 0 Å². The fourth-order valence-corrected chi connectivity index (χ4v) is 2.12. The van der Waals surface area contributed by atoms with Crippen LogP contribution in [0, 0.1) is 0 Å². The van der Waals surface area contributed by atoms with E-state index in [0.717, 1.165) is 21.4 Å². The van der Waals surface area contributed by atoms with Gasteiger partial charge in [0.25, 0.3) is 0 Å². The van der Waals surface area contributed by atoms with Gasteiger partial charge in [0.05, 0.1) is 5.69 Å². The maximum Gasteiger partial charge on any atom is 0.137 e. The lowest BCUT2D eigenvalue weighted by Gasteiger charge is -1.95. The van der Waals surface area contributed by atoms with Crippen LogP contribution < -0.4 is 24.0 Å². The molecule has 0 amide bonds. The molecule has 0 fully saturated rings. The fourth-order valence-electron chi connectivity index (χ4n) is 1.72. The summed E-state index contributed by atoms with van der Waals surface area (Å²) < 4.78 is 3.10. The van der Waals surface area contributed by atoms with E-state index in [2.05, 4.69) is 33.0 Å². The Bertz CT molecular complexity index is 615. The van der Waals surface area contributed by atoms with Gasteiger partial charge in [0.2, 0.25) is 0 Å². The predicted octanol–water partition coefficient (Wildman–Crippen LogP) is 0.768. The van der Waals surface area contributed by atoms with Crippen molar-refractivity contribution >= 4 is 21.6 Å². The number of aromatic nitrogens is 2. The third kappa shape index (κ3) is 2.52. The van der Waals surface area contributed by atoms with Crippen molar-refractivity contribution in [2.45, 2.75) is 0 Å². The Kier molecular flexibility index (Phi) is 3.83. The lowest BCUT2D eigenvalue weighted by atomic mass is 10.2. The van der Waals surface area contributed by atoms with Gasteiger partial charge in [0.1, 0.15) is 5.65 Å². The minimum absolute atomic E-state index is 0. The van der Waals surface area contributed by atoms with Gasteiger partial charge >= 0.3 is 0 Å². The first-order valence-corrected chi connectivity index (χ1v) is 5.82. The Balaban J connectivity index is 0.00000108. The van der Waals surface area contributed by atoms with Crippen LogP contribution in [0.5, 0.6) is 0 Å². The second-order valence-electron chi connectivity index (χ2n) is 3.60. The van der Waals surface area contributed by atoms with E-state index in [1.807, 2.05) is 47.1 Å². The van der Waals surface area contributed by atoms with Crippen LogP contribution in [0.2, 0.25) is 0 Å². The molecule has 4 heteroatoms. The number of halogens is 2. The standard InChI is InChI=1S/C13H9BrN2.HI/c14-11-5-3-4-10(8-11)12-9-16-7-2-1-6-13(16)15-12;/h1-9H;1H/p-1. The minimum Gasteiger partial charge on any atom is -1.00 e. The molecule has 0 aliphatic rings. The number of rotatable bonds is 1. The number of fused-ring (bicyclic) bond motifs is 1. The van der Waals surface area contributed by atoms with Crippen molar-refractivity contribution in [3.05, 3.63) is 59.3 Å². The third-order valence-electron chi connectivity index (χ3n) is 2.48. The number of hydrogen-bond donors (Lipinski definition) is 0. The fraction of sp³-hybridized carbons (Fsp3) is 0. The van der Waals surface area contributed by atoms with Gasteiger partial charge in [-0.2, -0.15) is 0 Å². The van der Waals surface area contributed by atoms with E-state index in [1.165, 1.54) is 0 Å².